The lowest BCUT2D eigenvalue weighted by molar-refractivity contribution is -0.127. The Balaban J connectivity index is 1.62. The van der Waals surface area contributed by atoms with Crippen molar-refractivity contribution in [2.24, 2.45) is 11.8 Å². The lowest BCUT2D eigenvalue weighted by Crippen LogP contribution is -2.45. The average molecular weight is 428 g/mol. The van der Waals surface area contributed by atoms with Crippen LogP contribution in [0.2, 0.25) is 0 Å². The summed E-state index contributed by atoms with van der Waals surface area (Å²) in [7, 11) is 0. The SMILES string of the molecule is CC(C)C(C)NC(=O)C1CCN(C(=O)c2ccccc2NC(=O)c2ccsc2)CC1. The summed E-state index contributed by atoms with van der Waals surface area (Å²) in [4.78, 5) is 39.8. The van der Waals surface area contributed by atoms with Crippen molar-refractivity contribution in [3.63, 3.8) is 0 Å². The van der Waals surface area contributed by atoms with Crippen LogP contribution in [0.5, 0.6) is 0 Å². The standard InChI is InChI=1S/C23H29N3O3S/c1-15(2)16(3)24-21(27)17-8-11-26(12-9-17)23(29)19-6-4-5-7-20(19)25-22(28)18-10-13-30-14-18/h4-7,10,13-17H,8-9,11-12H2,1-3H3,(H,24,27)(H,25,28). The highest BCUT2D eigenvalue weighted by molar-refractivity contribution is 7.08. The first-order valence-corrected chi connectivity index (χ1v) is 11.3. The maximum Gasteiger partial charge on any atom is 0.256 e. The second kappa shape index (κ2) is 9.89. The van der Waals surface area contributed by atoms with Crippen LogP contribution in [-0.2, 0) is 4.79 Å². The van der Waals surface area contributed by atoms with E-state index in [1.807, 2.05) is 12.3 Å². The highest BCUT2D eigenvalue weighted by atomic mass is 32.1. The van der Waals surface area contributed by atoms with Crippen molar-refractivity contribution in [3.05, 3.63) is 52.2 Å². The number of benzene rings is 1. The number of anilines is 1. The number of nitrogens with one attached hydrogen (secondary N) is 2. The Morgan fingerprint density at radius 2 is 1.77 bits per heavy atom. The zero-order valence-electron chi connectivity index (χ0n) is 17.7. The van der Waals surface area contributed by atoms with E-state index in [1.165, 1.54) is 11.3 Å². The quantitative estimate of drug-likeness (QED) is 0.731. The molecule has 7 heteroatoms. The van der Waals surface area contributed by atoms with E-state index >= 15 is 0 Å². The van der Waals surface area contributed by atoms with E-state index in [-0.39, 0.29) is 29.7 Å². The molecule has 2 N–H and O–H groups in total. The number of thiophene rings is 1. The van der Waals surface area contributed by atoms with Gasteiger partial charge >= 0.3 is 0 Å². The molecule has 1 aliphatic rings. The molecule has 3 rings (SSSR count). The Hall–Kier alpha value is -2.67. The van der Waals surface area contributed by atoms with Crippen LogP contribution >= 0.6 is 11.3 Å². The topological polar surface area (TPSA) is 78.5 Å². The van der Waals surface area contributed by atoms with E-state index in [1.54, 1.807) is 40.6 Å². The van der Waals surface area contributed by atoms with E-state index in [2.05, 4.69) is 24.5 Å². The zero-order chi connectivity index (χ0) is 21.7. The number of hydrogen-bond acceptors (Lipinski definition) is 4. The maximum absolute atomic E-state index is 13.1. The van der Waals surface area contributed by atoms with Gasteiger partial charge in [-0.15, -0.1) is 0 Å². The predicted octanol–water partition coefficient (Wildman–Crippen LogP) is 4.01. The first-order chi connectivity index (χ1) is 14.4. The molecule has 1 aromatic carbocycles. The van der Waals surface area contributed by atoms with E-state index in [0.717, 1.165) is 0 Å². The minimum absolute atomic E-state index is 0.0659. The summed E-state index contributed by atoms with van der Waals surface area (Å²) >= 11 is 1.45. The fourth-order valence-electron chi connectivity index (χ4n) is 3.39. The molecular formula is C23H29N3O3S. The number of para-hydroxylation sites is 1. The van der Waals surface area contributed by atoms with Crippen molar-refractivity contribution >= 4 is 34.7 Å². The highest BCUT2D eigenvalue weighted by Crippen LogP contribution is 2.23. The maximum atomic E-state index is 13.1. The van der Waals surface area contributed by atoms with Crippen LogP contribution in [0.15, 0.2) is 41.1 Å². The van der Waals surface area contributed by atoms with E-state index in [0.29, 0.717) is 48.7 Å². The molecule has 0 bridgehead atoms. The molecular weight excluding hydrogens is 398 g/mol. The molecule has 0 aliphatic carbocycles. The van der Waals surface area contributed by atoms with Crippen molar-refractivity contribution < 1.29 is 14.4 Å². The zero-order valence-corrected chi connectivity index (χ0v) is 18.5. The molecule has 0 saturated carbocycles. The lowest BCUT2D eigenvalue weighted by Gasteiger charge is -2.32. The molecule has 30 heavy (non-hydrogen) atoms. The number of likely N-dealkylation sites (tertiary alicyclic amines) is 1. The van der Waals surface area contributed by atoms with Crippen LogP contribution in [0.25, 0.3) is 0 Å². The molecule has 1 atom stereocenters. The first kappa shape index (κ1) is 22.0. The van der Waals surface area contributed by atoms with Gasteiger partial charge in [0.15, 0.2) is 0 Å². The van der Waals surface area contributed by atoms with Crippen LogP contribution in [-0.4, -0.2) is 41.8 Å². The van der Waals surface area contributed by atoms with Gasteiger partial charge in [-0.05, 0) is 49.3 Å². The third-order valence-electron chi connectivity index (χ3n) is 5.71. The van der Waals surface area contributed by atoms with Crippen molar-refractivity contribution in [1.29, 1.82) is 0 Å². The summed E-state index contributed by atoms with van der Waals surface area (Å²) in [5, 5.41) is 9.54. The summed E-state index contributed by atoms with van der Waals surface area (Å²) in [6.45, 7) is 7.24. The number of nitrogens with zero attached hydrogens (tertiary/aromatic N) is 1. The van der Waals surface area contributed by atoms with Crippen molar-refractivity contribution in [3.8, 4) is 0 Å². The van der Waals surface area contributed by atoms with Gasteiger partial charge in [0.05, 0.1) is 16.8 Å². The molecule has 1 aliphatic heterocycles. The molecule has 1 aromatic heterocycles. The molecule has 1 unspecified atom stereocenters. The molecule has 6 nitrogen and oxygen atoms in total. The Kier molecular flexibility index (Phi) is 7.26. The Labute approximate surface area is 181 Å². The molecule has 0 radical (unpaired) electrons. The lowest BCUT2D eigenvalue weighted by atomic mass is 9.94. The van der Waals surface area contributed by atoms with E-state index < -0.39 is 0 Å². The monoisotopic (exact) mass is 427 g/mol. The molecule has 1 fully saturated rings. The van der Waals surface area contributed by atoms with Crippen molar-refractivity contribution in [2.45, 2.75) is 39.7 Å². The number of carbonyl (C=O) groups excluding carboxylic acids is 3. The van der Waals surface area contributed by atoms with Gasteiger partial charge in [-0.2, -0.15) is 11.3 Å². The van der Waals surface area contributed by atoms with Crippen LogP contribution in [0.3, 0.4) is 0 Å². The molecule has 160 valence electrons. The molecule has 2 aromatic rings. The minimum atomic E-state index is -0.230. The fourth-order valence-corrected chi connectivity index (χ4v) is 4.03. The van der Waals surface area contributed by atoms with Crippen LogP contribution in [0, 0.1) is 11.8 Å². The molecule has 3 amide bonds. The van der Waals surface area contributed by atoms with Gasteiger partial charge in [-0.25, -0.2) is 0 Å². The van der Waals surface area contributed by atoms with E-state index in [9.17, 15) is 14.4 Å². The number of rotatable bonds is 6. The van der Waals surface area contributed by atoms with Crippen LogP contribution < -0.4 is 10.6 Å². The Morgan fingerprint density at radius 3 is 2.40 bits per heavy atom. The summed E-state index contributed by atoms with van der Waals surface area (Å²) in [5.41, 5.74) is 1.55. The van der Waals surface area contributed by atoms with Crippen LogP contribution in [0.1, 0.15) is 54.3 Å². The molecule has 2 heterocycles. The van der Waals surface area contributed by atoms with E-state index in [4.69, 9.17) is 0 Å². The summed E-state index contributed by atoms with van der Waals surface area (Å²) < 4.78 is 0. The number of piperidine rings is 1. The van der Waals surface area contributed by atoms with Gasteiger partial charge in [0, 0.05) is 30.4 Å². The molecule has 1 saturated heterocycles. The second-order valence-corrected chi connectivity index (χ2v) is 8.90. The van der Waals surface area contributed by atoms with Crippen molar-refractivity contribution in [1.82, 2.24) is 10.2 Å². The smallest absolute Gasteiger partial charge is 0.256 e. The Bertz CT molecular complexity index is 887. The van der Waals surface area contributed by atoms with Crippen LogP contribution in [0.4, 0.5) is 5.69 Å². The largest absolute Gasteiger partial charge is 0.353 e. The number of amides is 3. The van der Waals surface area contributed by atoms with Gasteiger partial charge in [-0.3, -0.25) is 14.4 Å². The molecule has 0 spiro atoms. The third kappa shape index (κ3) is 5.27. The predicted molar refractivity (Wildman–Crippen MR) is 120 cm³/mol. The highest BCUT2D eigenvalue weighted by Gasteiger charge is 2.29. The Morgan fingerprint density at radius 1 is 1.07 bits per heavy atom. The van der Waals surface area contributed by atoms with Gasteiger partial charge in [0.2, 0.25) is 5.91 Å². The van der Waals surface area contributed by atoms with Gasteiger partial charge < -0.3 is 15.5 Å². The third-order valence-corrected chi connectivity index (χ3v) is 6.40. The summed E-state index contributed by atoms with van der Waals surface area (Å²) in [6, 6.07) is 8.95. The normalized spacial score (nSPS) is 15.7. The average Bonchev–Trinajstić information content (AvgIpc) is 3.29. The van der Waals surface area contributed by atoms with Crippen molar-refractivity contribution in [2.75, 3.05) is 18.4 Å². The minimum Gasteiger partial charge on any atom is -0.353 e. The fraction of sp³-hybridized carbons (Fsp3) is 0.435. The summed E-state index contributed by atoms with van der Waals surface area (Å²) in [6.07, 6.45) is 1.29. The second-order valence-electron chi connectivity index (χ2n) is 8.12. The van der Waals surface area contributed by atoms with Gasteiger partial charge in [-0.1, -0.05) is 26.0 Å². The first-order valence-electron chi connectivity index (χ1n) is 10.4. The van der Waals surface area contributed by atoms with Gasteiger partial charge in [0.25, 0.3) is 11.8 Å². The number of hydrogen-bond donors (Lipinski definition) is 2. The van der Waals surface area contributed by atoms with Gasteiger partial charge in [0.1, 0.15) is 0 Å². The summed E-state index contributed by atoms with van der Waals surface area (Å²) in [5.74, 6) is 0.0451. The number of carbonyl (C=O) groups is 3.